The molecule has 0 aliphatic heterocycles. The van der Waals surface area contributed by atoms with E-state index in [9.17, 15) is 4.79 Å². The first kappa shape index (κ1) is 17.7. The van der Waals surface area contributed by atoms with Crippen LogP contribution < -0.4 is 11.1 Å². The Balaban J connectivity index is 0. The average molecular weight is 240 g/mol. The number of hydrogen-bond donors (Lipinski definition) is 2. The number of carbonyl (C=O) groups excluding carboxylic acids is 2. The molecule has 0 saturated carbocycles. The predicted molar refractivity (Wildman–Crippen MR) is 69.4 cm³/mol. The lowest BCUT2D eigenvalue weighted by atomic mass is 10.2. The van der Waals surface area contributed by atoms with E-state index in [1.165, 1.54) is 0 Å². The van der Waals surface area contributed by atoms with Crippen LogP contribution in [0.3, 0.4) is 0 Å². The van der Waals surface area contributed by atoms with Crippen LogP contribution in [0.2, 0.25) is 0 Å². The van der Waals surface area contributed by atoms with Gasteiger partial charge in [0.1, 0.15) is 12.6 Å². The molecule has 3 N–H and O–H groups in total. The van der Waals surface area contributed by atoms with Crippen molar-refractivity contribution in [2.75, 3.05) is 33.1 Å². The van der Waals surface area contributed by atoms with Crippen LogP contribution in [0.1, 0.15) is 10.4 Å². The van der Waals surface area contributed by atoms with Gasteiger partial charge in [0.15, 0.2) is 0 Å². The van der Waals surface area contributed by atoms with E-state index < -0.39 is 0 Å². The molecule has 0 bridgehead atoms. The number of benzene rings is 1. The molecule has 0 heterocycles. The maximum absolute atomic E-state index is 10.2. The van der Waals surface area contributed by atoms with Crippen LogP contribution in [0.5, 0.6) is 0 Å². The first-order chi connectivity index (χ1) is 8.19. The van der Waals surface area contributed by atoms with Crippen molar-refractivity contribution in [3.63, 3.8) is 0 Å². The van der Waals surface area contributed by atoms with Crippen LogP contribution in [-0.4, -0.2) is 40.4 Å². The van der Waals surface area contributed by atoms with Gasteiger partial charge in [0.25, 0.3) is 0 Å². The van der Waals surface area contributed by atoms with E-state index in [-0.39, 0.29) is 6.54 Å². The minimum atomic E-state index is 0.139. The molecule has 1 rings (SSSR count). The summed E-state index contributed by atoms with van der Waals surface area (Å²) < 4.78 is 4.25. The molecule has 0 saturated heterocycles. The van der Waals surface area contributed by atoms with E-state index in [2.05, 4.69) is 15.8 Å². The van der Waals surface area contributed by atoms with Crippen LogP contribution in [0.4, 0.5) is 5.69 Å². The van der Waals surface area contributed by atoms with E-state index in [4.69, 9.17) is 4.79 Å². The number of anilines is 1. The van der Waals surface area contributed by atoms with E-state index in [0.717, 1.165) is 12.0 Å². The summed E-state index contributed by atoms with van der Waals surface area (Å²) in [7, 11) is 5.09. The molecule has 0 atom stereocenters. The van der Waals surface area contributed by atoms with Gasteiger partial charge in [-0.25, -0.2) is 0 Å². The number of aldehydes is 2. The third-order valence-electron chi connectivity index (χ3n) is 1.43. The summed E-state index contributed by atoms with van der Waals surface area (Å²) in [5, 5.41) is 2.96. The Hall–Kier alpha value is -1.72. The van der Waals surface area contributed by atoms with Gasteiger partial charge in [-0.3, -0.25) is 4.79 Å². The summed E-state index contributed by atoms with van der Waals surface area (Å²) in [5.41, 5.74) is 6.39. The van der Waals surface area contributed by atoms with Gasteiger partial charge < -0.3 is 20.6 Å². The standard InChI is InChI=1S/C8H9NO.C2H5NO.C2H6O/c1-9-8-4-2-7(6-10)3-5-8;3-1-2-4;1-3-2/h2-6,9H,1H3;2H,1,3H2;1-2H3. The monoisotopic (exact) mass is 240 g/mol. The molecule has 0 aliphatic rings. The fourth-order valence-corrected chi connectivity index (χ4v) is 0.728. The molecule has 0 aromatic heterocycles. The van der Waals surface area contributed by atoms with Crippen LogP contribution in [0.25, 0.3) is 0 Å². The number of nitrogens with one attached hydrogen (secondary N) is 1. The lowest BCUT2D eigenvalue weighted by molar-refractivity contribution is -0.106. The molecule has 0 aliphatic carbocycles. The number of hydrogen-bond acceptors (Lipinski definition) is 5. The molecule has 1 aromatic rings. The van der Waals surface area contributed by atoms with Crippen molar-refractivity contribution in [3.05, 3.63) is 29.8 Å². The third kappa shape index (κ3) is 12.2. The van der Waals surface area contributed by atoms with Gasteiger partial charge in [-0.05, 0) is 24.3 Å². The number of methoxy groups -OCH3 is 1. The quantitative estimate of drug-likeness (QED) is 0.769. The highest BCUT2D eigenvalue weighted by Crippen LogP contribution is 2.05. The van der Waals surface area contributed by atoms with E-state index in [1.54, 1.807) is 26.4 Å². The Morgan fingerprint density at radius 1 is 1.24 bits per heavy atom. The fourth-order valence-electron chi connectivity index (χ4n) is 0.728. The Bertz CT molecular complexity index is 286. The van der Waals surface area contributed by atoms with Gasteiger partial charge in [0.05, 0.1) is 0 Å². The highest BCUT2D eigenvalue weighted by atomic mass is 16.4. The second-order valence-corrected chi connectivity index (χ2v) is 2.80. The van der Waals surface area contributed by atoms with Crippen LogP contribution >= 0.6 is 0 Å². The molecule has 5 nitrogen and oxygen atoms in total. The Kier molecular flexibility index (Phi) is 14.8. The highest BCUT2D eigenvalue weighted by Gasteiger charge is 1.87. The van der Waals surface area contributed by atoms with Crippen molar-refractivity contribution >= 4 is 18.3 Å². The maximum Gasteiger partial charge on any atom is 0.150 e. The number of ether oxygens (including phenoxy) is 1. The topological polar surface area (TPSA) is 81.4 Å². The maximum atomic E-state index is 10.2. The average Bonchev–Trinajstić information content (AvgIpc) is 2.40. The summed E-state index contributed by atoms with van der Waals surface area (Å²) in [6, 6.07) is 7.28. The molecule has 17 heavy (non-hydrogen) atoms. The number of nitrogens with two attached hydrogens (primary N) is 1. The molecule has 0 fully saturated rings. The molecular formula is C12H20N2O3. The van der Waals surface area contributed by atoms with Crippen molar-refractivity contribution in [1.29, 1.82) is 0 Å². The second kappa shape index (κ2) is 14.3. The minimum absolute atomic E-state index is 0.139. The van der Waals surface area contributed by atoms with E-state index in [0.29, 0.717) is 11.8 Å². The first-order valence-electron chi connectivity index (χ1n) is 4.96. The minimum Gasteiger partial charge on any atom is -0.388 e. The summed E-state index contributed by atoms with van der Waals surface area (Å²) in [5.74, 6) is 0. The number of rotatable bonds is 3. The Morgan fingerprint density at radius 3 is 1.88 bits per heavy atom. The lowest BCUT2D eigenvalue weighted by Gasteiger charge is -1.97. The summed E-state index contributed by atoms with van der Waals surface area (Å²) in [6.45, 7) is 0.139. The predicted octanol–water partition coefficient (Wildman–Crippen LogP) is 0.947. The molecule has 0 amide bonds. The van der Waals surface area contributed by atoms with Crippen LogP contribution in [-0.2, 0) is 9.53 Å². The highest BCUT2D eigenvalue weighted by molar-refractivity contribution is 5.75. The van der Waals surface area contributed by atoms with Gasteiger partial charge in [0.2, 0.25) is 0 Å². The van der Waals surface area contributed by atoms with Gasteiger partial charge in [-0.15, -0.1) is 0 Å². The summed E-state index contributed by atoms with van der Waals surface area (Å²) >= 11 is 0. The second-order valence-electron chi connectivity index (χ2n) is 2.80. The smallest absolute Gasteiger partial charge is 0.150 e. The zero-order chi connectivity index (χ0) is 13.5. The zero-order valence-electron chi connectivity index (χ0n) is 10.5. The van der Waals surface area contributed by atoms with Crippen molar-refractivity contribution in [3.8, 4) is 0 Å². The molecule has 1 aromatic carbocycles. The van der Waals surface area contributed by atoms with Crippen molar-refractivity contribution in [1.82, 2.24) is 0 Å². The molecule has 96 valence electrons. The Morgan fingerprint density at radius 2 is 1.65 bits per heavy atom. The normalized spacial score (nSPS) is 7.76. The van der Waals surface area contributed by atoms with Crippen LogP contribution in [0, 0.1) is 0 Å². The first-order valence-corrected chi connectivity index (χ1v) is 4.96. The van der Waals surface area contributed by atoms with Crippen molar-refractivity contribution < 1.29 is 14.3 Å². The summed E-state index contributed by atoms with van der Waals surface area (Å²) in [6.07, 6.45) is 1.49. The van der Waals surface area contributed by atoms with E-state index in [1.807, 2.05) is 19.2 Å². The third-order valence-corrected chi connectivity index (χ3v) is 1.43. The van der Waals surface area contributed by atoms with Gasteiger partial charge in [-0.2, -0.15) is 0 Å². The molecule has 0 unspecified atom stereocenters. The van der Waals surface area contributed by atoms with E-state index >= 15 is 0 Å². The molecule has 0 radical (unpaired) electrons. The van der Waals surface area contributed by atoms with Crippen molar-refractivity contribution in [2.45, 2.75) is 0 Å². The Labute approximate surface area is 102 Å². The van der Waals surface area contributed by atoms with Gasteiger partial charge in [-0.1, -0.05) is 0 Å². The molecule has 0 spiro atoms. The number of carbonyl (C=O) groups is 2. The van der Waals surface area contributed by atoms with Gasteiger partial charge >= 0.3 is 0 Å². The van der Waals surface area contributed by atoms with Gasteiger partial charge in [0, 0.05) is 39.1 Å². The molecular weight excluding hydrogens is 220 g/mol. The SMILES string of the molecule is CNc1ccc(C=O)cc1.COC.NCC=O. The van der Waals surface area contributed by atoms with Crippen molar-refractivity contribution in [2.24, 2.45) is 5.73 Å². The zero-order valence-corrected chi connectivity index (χ0v) is 10.5. The lowest BCUT2D eigenvalue weighted by Crippen LogP contribution is -1.97. The largest absolute Gasteiger partial charge is 0.388 e. The molecule has 5 heteroatoms. The summed E-state index contributed by atoms with van der Waals surface area (Å²) in [4.78, 5) is 19.2. The van der Waals surface area contributed by atoms with Crippen LogP contribution in [0.15, 0.2) is 24.3 Å². The fraction of sp³-hybridized carbons (Fsp3) is 0.333.